The Bertz CT molecular complexity index is 765. The first-order valence-electron chi connectivity index (χ1n) is 8.43. The molecule has 2 aromatic rings. The summed E-state index contributed by atoms with van der Waals surface area (Å²) in [7, 11) is 5.01. The van der Waals surface area contributed by atoms with E-state index in [2.05, 4.69) is 11.4 Å². The fraction of sp³-hybridized carbons (Fsp3) is 0.300. The summed E-state index contributed by atoms with van der Waals surface area (Å²) in [6.07, 6.45) is 0.913. The van der Waals surface area contributed by atoms with Crippen LogP contribution < -0.4 is 19.5 Å². The van der Waals surface area contributed by atoms with Gasteiger partial charge in [-0.05, 0) is 30.7 Å². The van der Waals surface area contributed by atoms with E-state index in [0.717, 1.165) is 42.3 Å². The zero-order valence-corrected chi connectivity index (χ0v) is 16.1. The van der Waals surface area contributed by atoms with Crippen LogP contribution in [0.3, 0.4) is 0 Å². The maximum Gasteiger partial charge on any atom is 0.414 e. The summed E-state index contributed by atoms with van der Waals surface area (Å²) in [5, 5.41) is 18.2. The molecule has 0 aromatic heterocycles. The van der Waals surface area contributed by atoms with Gasteiger partial charge in [-0.3, -0.25) is 0 Å². The number of ether oxygens (including phenoxy) is 3. The van der Waals surface area contributed by atoms with Crippen LogP contribution in [0.4, 0.5) is 0 Å². The van der Waals surface area contributed by atoms with E-state index in [9.17, 15) is 0 Å². The smallest absolute Gasteiger partial charge is 0.414 e. The maximum atomic E-state index is 9.10. The van der Waals surface area contributed by atoms with Crippen molar-refractivity contribution in [3.8, 4) is 17.2 Å². The van der Waals surface area contributed by atoms with Crippen molar-refractivity contribution in [2.24, 2.45) is 0 Å². The molecule has 0 aliphatic heterocycles. The molecule has 8 heteroatoms. The number of aliphatic carboxylic acids is 2. The molecule has 2 rings (SSSR count). The van der Waals surface area contributed by atoms with Crippen molar-refractivity contribution in [1.82, 2.24) is 5.32 Å². The van der Waals surface area contributed by atoms with Crippen molar-refractivity contribution in [3.05, 3.63) is 53.6 Å². The molecule has 0 aliphatic carbocycles. The number of nitrogens with one attached hydrogen (secondary N) is 1. The van der Waals surface area contributed by atoms with Crippen LogP contribution >= 0.6 is 0 Å². The normalized spacial score (nSPS) is 9.68. The molecule has 0 atom stereocenters. The quantitative estimate of drug-likeness (QED) is 0.463. The minimum Gasteiger partial charge on any atom is -0.496 e. The van der Waals surface area contributed by atoms with E-state index in [-0.39, 0.29) is 0 Å². The SMILES string of the molecule is COc1ccccc1CCNCc1cccc(OC)c1OC.O=C(O)C(=O)O. The fourth-order valence-electron chi connectivity index (χ4n) is 2.45. The van der Waals surface area contributed by atoms with Gasteiger partial charge in [-0.15, -0.1) is 0 Å². The highest BCUT2D eigenvalue weighted by Crippen LogP contribution is 2.30. The van der Waals surface area contributed by atoms with Crippen LogP contribution in [0.15, 0.2) is 42.5 Å². The van der Waals surface area contributed by atoms with E-state index < -0.39 is 11.9 Å². The molecule has 0 fully saturated rings. The van der Waals surface area contributed by atoms with E-state index in [1.807, 2.05) is 36.4 Å². The highest BCUT2D eigenvalue weighted by molar-refractivity contribution is 6.27. The van der Waals surface area contributed by atoms with E-state index >= 15 is 0 Å². The molecule has 0 aliphatic rings. The van der Waals surface area contributed by atoms with Gasteiger partial charge in [0.2, 0.25) is 0 Å². The molecule has 28 heavy (non-hydrogen) atoms. The molecule has 0 radical (unpaired) electrons. The monoisotopic (exact) mass is 391 g/mol. The summed E-state index contributed by atoms with van der Waals surface area (Å²) in [6, 6.07) is 14.0. The minimum absolute atomic E-state index is 0.732. The topological polar surface area (TPSA) is 114 Å². The van der Waals surface area contributed by atoms with Crippen LogP contribution in [-0.2, 0) is 22.6 Å². The molecule has 3 N–H and O–H groups in total. The summed E-state index contributed by atoms with van der Waals surface area (Å²) in [5.41, 5.74) is 2.29. The van der Waals surface area contributed by atoms with E-state index in [4.69, 9.17) is 34.0 Å². The summed E-state index contributed by atoms with van der Waals surface area (Å²) >= 11 is 0. The Balaban J connectivity index is 0.000000568. The minimum atomic E-state index is -1.82. The second-order valence-electron chi connectivity index (χ2n) is 5.50. The third-order valence-electron chi connectivity index (χ3n) is 3.75. The number of benzene rings is 2. The van der Waals surface area contributed by atoms with Gasteiger partial charge in [-0.25, -0.2) is 9.59 Å². The highest BCUT2D eigenvalue weighted by Gasteiger charge is 2.09. The average molecular weight is 391 g/mol. The Hall–Kier alpha value is -3.26. The fourth-order valence-corrected chi connectivity index (χ4v) is 2.45. The van der Waals surface area contributed by atoms with Gasteiger partial charge in [0.05, 0.1) is 21.3 Å². The van der Waals surface area contributed by atoms with Gasteiger partial charge in [-0.2, -0.15) is 0 Å². The lowest BCUT2D eigenvalue weighted by Gasteiger charge is -2.13. The zero-order valence-electron chi connectivity index (χ0n) is 16.1. The Labute approximate surface area is 163 Å². The number of hydrogen-bond acceptors (Lipinski definition) is 6. The number of hydrogen-bond donors (Lipinski definition) is 3. The van der Waals surface area contributed by atoms with Crippen LogP contribution in [0.25, 0.3) is 0 Å². The Morgan fingerprint density at radius 2 is 1.39 bits per heavy atom. The van der Waals surface area contributed by atoms with E-state index in [1.165, 1.54) is 5.56 Å². The molecule has 0 saturated carbocycles. The van der Waals surface area contributed by atoms with Gasteiger partial charge in [-0.1, -0.05) is 30.3 Å². The largest absolute Gasteiger partial charge is 0.496 e. The number of carbonyl (C=O) groups is 2. The lowest BCUT2D eigenvalue weighted by Crippen LogP contribution is -2.17. The van der Waals surface area contributed by atoms with Gasteiger partial charge in [0, 0.05) is 12.1 Å². The summed E-state index contributed by atoms with van der Waals surface area (Å²) < 4.78 is 16.1. The maximum absolute atomic E-state index is 9.10. The summed E-state index contributed by atoms with van der Waals surface area (Å²) in [6.45, 7) is 1.59. The molecule has 0 spiro atoms. The molecule has 0 unspecified atom stereocenters. The van der Waals surface area contributed by atoms with Crippen molar-refractivity contribution in [1.29, 1.82) is 0 Å². The summed E-state index contributed by atoms with van der Waals surface area (Å²) in [4.78, 5) is 18.2. The van der Waals surface area contributed by atoms with Gasteiger partial charge in [0.1, 0.15) is 5.75 Å². The molecule has 2 aromatic carbocycles. The van der Waals surface area contributed by atoms with Crippen LogP contribution in [0, 0.1) is 0 Å². The van der Waals surface area contributed by atoms with Crippen LogP contribution in [0.2, 0.25) is 0 Å². The van der Waals surface area contributed by atoms with Crippen molar-refractivity contribution < 1.29 is 34.0 Å². The lowest BCUT2D eigenvalue weighted by molar-refractivity contribution is -0.159. The Kier molecular flexibility index (Phi) is 9.91. The van der Waals surface area contributed by atoms with Crippen LogP contribution in [0.1, 0.15) is 11.1 Å². The van der Waals surface area contributed by atoms with Gasteiger partial charge >= 0.3 is 11.9 Å². The second kappa shape index (κ2) is 12.2. The van der Waals surface area contributed by atoms with Gasteiger partial charge < -0.3 is 29.7 Å². The first-order valence-corrected chi connectivity index (χ1v) is 8.43. The van der Waals surface area contributed by atoms with Crippen molar-refractivity contribution in [2.75, 3.05) is 27.9 Å². The van der Waals surface area contributed by atoms with Crippen LogP contribution in [0.5, 0.6) is 17.2 Å². The number of para-hydroxylation sites is 2. The summed E-state index contributed by atoms with van der Waals surface area (Å²) in [5.74, 6) is -1.17. The van der Waals surface area contributed by atoms with Crippen molar-refractivity contribution in [3.63, 3.8) is 0 Å². The number of carboxylic acids is 2. The van der Waals surface area contributed by atoms with Crippen LogP contribution in [-0.4, -0.2) is 50.0 Å². The van der Waals surface area contributed by atoms with E-state index in [1.54, 1.807) is 21.3 Å². The standard InChI is InChI=1S/C18H23NO3.C2H2O4/c1-20-16-9-5-4-7-14(16)11-12-19-13-15-8-6-10-17(21-2)18(15)22-3;3-1(4)2(5)6/h4-10,19H,11-13H2,1-3H3;(H,3,4)(H,5,6). The molecule has 0 amide bonds. The number of methoxy groups -OCH3 is 3. The lowest BCUT2D eigenvalue weighted by atomic mass is 10.1. The van der Waals surface area contributed by atoms with Gasteiger partial charge in [0.25, 0.3) is 0 Å². The predicted molar refractivity (Wildman–Crippen MR) is 103 cm³/mol. The average Bonchev–Trinajstić information content (AvgIpc) is 2.71. The molecule has 8 nitrogen and oxygen atoms in total. The highest BCUT2D eigenvalue weighted by atomic mass is 16.5. The van der Waals surface area contributed by atoms with Gasteiger partial charge in [0.15, 0.2) is 11.5 Å². The molecule has 0 bridgehead atoms. The Morgan fingerprint density at radius 1 is 0.821 bits per heavy atom. The number of carboxylic acid groups (broad SMARTS) is 2. The third-order valence-corrected chi connectivity index (χ3v) is 3.75. The zero-order chi connectivity index (χ0) is 20.9. The first-order chi connectivity index (χ1) is 13.4. The van der Waals surface area contributed by atoms with Crippen molar-refractivity contribution in [2.45, 2.75) is 13.0 Å². The first kappa shape index (κ1) is 22.8. The molecule has 152 valence electrons. The Morgan fingerprint density at radius 3 is 1.96 bits per heavy atom. The third kappa shape index (κ3) is 7.16. The molecular weight excluding hydrogens is 366 g/mol. The number of rotatable bonds is 8. The molecule has 0 saturated heterocycles. The molecule has 0 heterocycles. The van der Waals surface area contributed by atoms with Crippen molar-refractivity contribution >= 4 is 11.9 Å². The molecular formula is C20H25NO7. The predicted octanol–water partition coefficient (Wildman–Crippen LogP) is 2.20. The van der Waals surface area contributed by atoms with E-state index in [0.29, 0.717) is 0 Å². The second-order valence-corrected chi connectivity index (χ2v) is 5.50.